The van der Waals surface area contributed by atoms with Crippen molar-refractivity contribution >= 4 is 23.0 Å². The van der Waals surface area contributed by atoms with Crippen molar-refractivity contribution in [3.05, 3.63) is 53.6 Å². The number of carbonyl (C=O) groups is 3. The van der Waals surface area contributed by atoms with Gasteiger partial charge in [0.1, 0.15) is 0 Å². The predicted molar refractivity (Wildman–Crippen MR) is 98.9 cm³/mol. The zero-order chi connectivity index (χ0) is 18.1. The molecule has 0 fully saturated rings. The van der Waals surface area contributed by atoms with Gasteiger partial charge in [0.15, 0.2) is 0 Å². The van der Waals surface area contributed by atoms with Crippen LogP contribution in [0, 0.1) is 0 Å². The van der Waals surface area contributed by atoms with Gasteiger partial charge in [-0.3, -0.25) is 14.4 Å². The van der Waals surface area contributed by atoms with Crippen molar-refractivity contribution in [2.24, 2.45) is 0 Å². The molecule has 25 heavy (non-hydrogen) atoms. The van der Waals surface area contributed by atoms with Crippen molar-refractivity contribution in [1.82, 2.24) is 5.32 Å². The predicted octanol–water partition coefficient (Wildman–Crippen LogP) is 3.62. The first kappa shape index (κ1) is 18.8. The molecule has 132 valence electrons. The number of amides is 1. The van der Waals surface area contributed by atoms with Crippen LogP contribution in [-0.4, -0.2) is 24.0 Å². The lowest BCUT2D eigenvalue weighted by Gasteiger charge is -2.15. The van der Waals surface area contributed by atoms with E-state index in [-0.39, 0.29) is 12.5 Å². The topological polar surface area (TPSA) is 63.2 Å². The summed E-state index contributed by atoms with van der Waals surface area (Å²) >= 11 is 0. The summed E-state index contributed by atoms with van der Waals surface area (Å²) in [6.45, 7) is 2.24. The molecule has 0 atom stereocenters. The third kappa shape index (κ3) is 5.52. The maximum absolute atomic E-state index is 12.2. The first-order valence-corrected chi connectivity index (χ1v) is 8.95. The Morgan fingerprint density at radius 1 is 0.960 bits per heavy atom. The molecule has 0 unspecified atom stereocenters. The minimum Gasteiger partial charge on any atom is -0.352 e. The third-order valence-electron chi connectivity index (χ3n) is 4.28. The minimum atomic E-state index is -0.538. The van der Waals surface area contributed by atoms with E-state index in [0.29, 0.717) is 17.6 Å². The van der Waals surface area contributed by atoms with Gasteiger partial charge >= 0.3 is 0 Å². The van der Waals surface area contributed by atoms with Crippen LogP contribution in [0.2, 0.25) is 0 Å². The van der Waals surface area contributed by atoms with Crippen LogP contribution < -0.4 is 5.32 Å². The molecule has 0 aliphatic heterocycles. The van der Waals surface area contributed by atoms with Gasteiger partial charge in [0, 0.05) is 18.5 Å². The molecule has 0 spiro atoms. The smallest absolute Gasteiger partial charge is 0.231 e. The van der Waals surface area contributed by atoms with E-state index >= 15 is 0 Å². The molecule has 1 N–H and O–H groups in total. The highest BCUT2D eigenvalue weighted by Crippen LogP contribution is 2.24. The van der Waals surface area contributed by atoms with Crippen molar-refractivity contribution in [3.8, 4) is 0 Å². The van der Waals surface area contributed by atoms with Crippen molar-refractivity contribution < 1.29 is 14.4 Å². The average Bonchev–Trinajstić information content (AvgIpc) is 2.63. The third-order valence-corrected chi connectivity index (χ3v) is 4.28. The lowest BCUT2D eigenvalue weighted by molar-refractivity contribution is -0.131. The summed E-state index contributed by atoms with van der Waals surface area (Å²) in [6.07, 6.45) is 8.81. The number of hydrogen-bond acceptors (Lipinski definition) is 3. The Hall–Kier alpha value is -2.49. The molecular formula is C21H25NO3. The van der Waals surface area contributed by atoms with Gasteiger partial charge in [-0.2, -0.15) is 0 Å². The lowest BCUT2D eigenvalue weighted by atomic mass is 9.90. The van der Waals surface area contributed by atoms with E-state index in [0.717, 1.165) is 24.8 Å². The normalized spacial score (nSPS) is 14.1. The quantitative estimate of drug-likeness (QED) is 0.424. The zero-order valence-corrected chi connectivity index (χ0v) is 14.7. The second kappa shape index (κ2) is 9.72. The minimum absolute atomic E-state index is 0.0776. The fraction of sp³-hybridized carbons (Fsp3) is 0.381. The van der Waals surface area contributed by atoms with Crippen molar-refractivity contribution in [2.45, 2.75) is 45.4 Å². The fourth-order valence-corrected chi connectivity index (χ4v) is 2.83. The summed E-state index contributed by atoms with van der Waals surface area (Å²) in [6, 6.07) is 9.42. The Labute approximate surface area is 149 Å². The molecular weight excluding hydrogens is 314 g/mol. The number of ketones is 2. The number of hydrogen-bond donors (Lipinski definition) is 1. The standard InChI is InChI=1S/C21H25NO3/c1-2-3-4-5-9-12-20(24)22-15-18-17(13-14-19(23)21(18)25)16-10-7-6-8-11-16/h6-8,10-11,13-14H,2-5,9,12,15H2,1H3,(H,22,24). The van der Waals surface area contributed by atoms with Crippen molar-refractivity contribution in [3.63, 3.8) is 0 Å². The number of carbonyl (C=O) groups excluding carboxylic acids is 3. The summed E-state index contributed by atoms with van der Waals surface area (Å²) in [5.41, 5.74) is 1.93. The van der Waals surface area contributed by atoms with E-state index in [1.165, 1.54) is 18.9 Å². The average molecular weight is 339 g/mol. The van der Waals surface area contributed by atoms with Gasteiger partial charge in [-0.05, 0) is 29.7 Å². The number of unbranched alkanes of at least 4 members (excludes halogenated alkanes) is 4. The Balaban J connectivity index is 1.99. The Bertz CT molecular complexity index is 686. The summed E-state index contributed by atoms with van der Waals surface area (Å²) in [4.78, 5) is 36.0. The van der Waals surface area contributed by atoms with Crippen molar-refractivity contribution in [2.75, 3.05) is 6.54 Å². The second-order valence-corrected chi connectivity index (χ2v) is 6.23. The van der Waals surface area contributed by atoms with Crippen LogP contribution in [0.15, 0.2) is 48.1 Å². The van der Waals surface area contributed by atoms with Gasteiger partial charge in [0.2, 0.25) is 17.5 Å². The highest BCUT2D eigenvalue weighted by atomic mass is 16.2. The highest BCUT2D eigenvalue weighted by molar-refractivity contribution is 6.50. The molecule has 1 aromatic rings. The fourth-order valence-electron chi connectivity index (χ4n) is 2.83. The van der Waals surface area contributed by atoms with Crippen LogP contribution in [0.5, 0.6) is 0 Å². The molecule has 1 aliphatic rings. The highest BCUT2D eigenvalue weighted by Gasteiger charge is 2.24. The van der Waals surface area contributed by atoms with Crippen LogP contribution in [0.25, 0.3) is 5.57 Å². The molecule has 1 aliphatic carbocycles. The number of benzene rings is 1. The number of Topliss-reactive ketones (excluding diaryl/α,β-unsaturated/α-hetero) is 1. The van der Waals surface area contributed by atoms with Gasteiger partial charge in [0.05, 0.1) is 0 Å². The van der Waals surface area contributed by atoms with Gasteiger partial charge in [-0.25, -0.2) is 0 Å². The van der Waals surface area contributed by atoms with E-state index < -0.39 is 11.6 Å². The van der Waals surface area contributed by atoms with E-state index in [1.54, 1.807) is 6.08 Å². The van der Waals surface area contributed by atoms with Crippen LogP contribution in [0.4, 0.5) is 0 Å². The summed E-state index contributed by atoms with van der Waals surface area (Å²) in [5, 5.41) is 2.79. The van der Waals surface area contributed by atoms with Crippen LogP contribution in [0.3, 0.4) is 0 Å². The SMILES string of the molecule is CCCCCCCC(=O)NCC1=C(c2ccccc2)C=CC(=O)C1=O. The second-order valence-electron chi connectivity index (χ2n) is 6.23. The molecule has 0 saturated heterocycles. The van der Waals surface area contributed by atoms with Crippen LogP contribution in [0.1, 0.15) is 51.0 Å². The van der Waals surface area contributed by atoms with Gasteiger partial charge in [-0.15, -0.1) is 0 Å². The summed E-state index contributed by atoms with van der Waals surface area (Å²) in [5.74, 6) is -1.15. The van der Waals surface area contributed by atoms with Gasteiger partial charge in [-0.1, -0.05) is 62.9 Å². The molecule has 0 radical (unpaired) electrons. The number of nitrogens with one attached hydrogen (secondary N) is 1. The summed E-state index contributed by atoms with van der Waals surface area (Å²) < 4.78 is 0. The monoisotopic (exact) mass is 339 g/mol. The van der Waals surface area contributed by atoms with Crippen molar-refractivity contribution in [1.29, 1.82) is 0 Å². The Kier molecular flexibility index (Phi) is 7.33. The van der Waals surface area contributed by atoms with Gasteiger partial charge in [0.25, 0.3) is 0 Å². The maximum Gasteiger partial charge on any atom is 0.231 e. The Morgan fingerprint density at radius 3 is 2.40 bits per heavy atom. The van der Waals surface area contributed by atoms with E-state index in [4.69, 9.17) is 0 Å². The largest absolute Gasteiger partial charge is 0.352 e. The van der Waals surface area contributed by atoms with E-state index in [1.807, 2.05) is 30.3 Å². The van der Waals surface area contributed by atoms with Crippen LogP contribution in [-0.2, 0) is 14.4 Å². The lowest BCUT2D eigenvalue weighted by Crippen LogP contribution is -2.31. The molecule has 0 bridgehead atoms. The molecule has 2 rings (SSSR count). The number of rotatable bonds is 9. The first-order valence-electron chi connectivity index (χ1n) is 8.95. The maximum atomic E-state index is 12.2. The molecule has 0 saturated carbocycles. The molecule has 4 nitrogen and oxygen atoms in total. The molecule has 4 heteroatoms. The van der Waals surface area contributed by atoms with Crippen LogP contribution >= 0.6 is 0 Å². The summed E-state index contributed by atoms with van der Waals surface area (Å²) in [7, 11) is 0. The van der Waals surface area contributed by atoms with E-state index in [2.05, 4.69) is 12.2 Å². The Morgan fingerprint density at radius 2 is 1.68 bits per heavy atom. The first-order chi connectivity index (χ1) is 12.1. The number of allylic oxidation sites excluding steroid dienone is 3. The molecule has 1 aromatic carbocycles. The van der Waals surface area contributed by atoms with E-state index in [9.17, 15) is 14.4 Å². The zero-order valence-electron chi connectivity index (χ0n) is 14.7. The molecule has 1 amide bonds. The molecule has 0 aromatic heterocycles. The molecule has 0 heterocycles. The van der Waals surface area contributed by atoms with Gasteiger partial charge < -0.3 is 5.32 Å².